The maximum Gasteiger partial charge on any atom is 0.264 e. The quantitative estimate of drug-likeness (QED) is 0.523. The summed E-state index contributed by atoms with van der Waals surface area (Å²) in [5.41, 5.74) is 3.92. The molecule has 1 aliphatic heterocycles. The molecule has 122 valence electrons. The van der Waals surface area contributed by atoms with Crippen molar-refractivity contribution in [1.82, 2.24) is 5.32 Å². The third kappa shape index (κ3) is 3.81. The van der Waals surface area contributed by atoms with Crippen LogP contribution in [0, 0.1) is 17.4 Å². The summed E-state index contributed by atoms with van der Waals surface area (Å²) in [6.07, 6.45) is 1.80. The van der Waals surface area contributed by atoms with E-state index >= 15 is 0 Å². The Balaban J connectivity index is 1.87. The van der Waals surface area contributed by atoms with Crippen LogP contribution in [0.1, 0.15) is 16.7 Å². The first-order valence-corrected chi connectivity index (χ1v) is 9.17. The molecule has 3 rings (SSSR count). The Hall–Kier alpha value is -1.80. The number of nitrogens with zero attached hydrogens (tertiary/aromatic N) is 1. The maximum absolute atomic E-state index is 12.2. The van der Waals surface area contributed by atoms with Gasteiger partial charge in [-0.25, -0.2) is 4.99 Å². The van der Waals surface area contributed by atoms with Gasteiger partial charge in [-0.2, -0.15) is 0 Å². The lowest BCUT2D eigenvalue weighted by Gasteiger charge is -2.02. The monoisotopic (exact) mass is 450 g/mol. The van der Waals surface area contributed by atoms with Crippen LogP contribution in [-0.2, 0) is 4.79 Å². The average molecular weight is 450 g/mol. The Morgan fingerprint density at radius 1 is 1.21 bits per heavy atom. The largest absolute Gasteiger partial charge is 0.507 e. The third-order valence-corrected chi connectivity index (χ3v) is 5.28. The lowest BCUT2D eigenvalue weighted by atomic mass is 10.1. The highest BCUT2D eigenvalue weighted by molar-refractivity contribution is 14.1. The molecular weight excluding hydrogens is 435 g/mol. The summed E-state index contributed by atoms with van der Waals surface area (Å²) < 4.78 is 0.745. The molecule has 1 saturated heterocycles. The molecule has 0 aromatic heterocycles. The number of phenolic OH excluding ortho intramolecular Hbond substituents is 1. The molecule has 4 nitrogen and oxygen atoms in total. The summed E-state index contributed by atoms with van der Waals surface area (Å²) in [6.45, 7) is 4.01. The summed E-state index contributed by atoms with van der Waals surface area (Å²) in [7, 11) is 0. The molecule has 24 heavy (non-hydrogen) atoms. The zero-order valence-electron chi connectivity index (χ0n) is 13.1. The van der Waals surface area contributed by atoms with Gasteiger partial charge in [0.25, 0.3) is 5.91 Å². The Bertz CT molecular complexity index is 891. The van der Waals surface area contributed by atoms with E-state index in [9.17, 15) is 9.90 Å². The molecule has 2 aromatic carbocycles. The van der Waals surface area contributed by atoms with E-state index in [1.165, 1.54) is 11.8 Å². The van der Waals surface area contributed by atoms with Gasteiger partial charge in [0.15, 0.2) is 5.17 Å². The van der Waals surface area contributed by atoms with E-state index in [-0.39, 0.29) is 11.7 Å². The summed E-state index contributed by atoms with van der Waals surface area (Å²) >= 11 is 3.38. The topological polar surface area (TPSA) is 61.7 Å². The van der Waals surface area contributed by atoms with E-state index < -0.39 is 0 Å². The van der Waals surface area contributed by atoms with E-state index in [0.29, 0.717) is 10.1 Å². The third-order valence-electron chi connectivity index (χ3n) is 3.51. The number of nitrogens with one attached hydrogen (secondary N) is 1. The van der Waals surface area contributed by atoms with Crippen molar-refractivity contribution >= 4 is 57.2 Å². The number of amides is 1. The van der Waals surface area contributed by atoms with Crippen LogP contribution in [0.3, 0.4) is 0 Å². The number of phenols is 1. The summed E-state index contributed by atoms with van der Waals surface area (Å²) in [4.78, 5) is 17.3. The average Bonchev–Trinajstić information content (AvgIpc) is 2.86. The molecule has 0 atom stereocenters. The summed E-state index contributed by atoms with van der Waals surface area (Å²) in [5, 5.41) is 13.0. The number of hydrogen-bond donors (Lipinski definition) is 2. The number of aryl methyl sites for hydroxylation is 2. The molecule has 1 amide bonds. The fraction of sp³-hybridized carbons (Fsp3) is 0.111. The molecule has 1 aliphatic rings. The molecule has 0 radical (unpaired) electrons. The standard InChI is InChI=1S/C18H15IN2O2S/c1-10-3-4-11(2)14(7-10)20-18-21-17(23)16(24-18)9-12-5-6-15(22)13(19)8-12/h3-9,22H,1-2H3,(H,20,21,23). The lowest BCUT2D eigenvalue weighted by Crippen LogP contribution is -2.19. The van der Waals surface area contributed by atoms with E-state index in [4.69, 9.17) is 0 Å². The second-order valence-corrected chi connectivity index (χ2v) is 7.68. The molecule has 0 aliphatic carbocycles. The second kappa shape index (κ2) is 6.98. The minimum atomic E-state index is -0.160. The fourth-order valence-corrected chi connectivity index (χ4v) is 3.57. The van der Waals surface area contributed by atoms with Crippen molar-refractivity contribution in [3.8, 4) is 5.75 Å². The van der Waals surface area contributed by atoms with Gasteiger partial charge in [0.1, 0.15) is 5.75 Å². The molecule has 6 heteroatoms. The molecular formula is C18H15IN2O2S. The number of thioether (sulfide) groups is 1. The smallest absolute Gasteiger partial charge is 0.264 e. The van der Waals surface area contributed by atoms with Gasteiger partial charge >= 0.3 is 0 Å². The van der Waals surface area contributed by atoms with Crippen LogP contribution in [-0.4, -0.2) is 16.2 Å². The van der Waals surface area contributed by atoms with Crippen molar-refractivity contribution in [2.24, 2.45) is 4.99 Å². The zero-order chi connectivity index (χ0) is 17.3. The fourth-order valence-electron chi connectivity index (χ4n) is 2.19. The number of aromatic hydroxyl groups is 1. The highest BCUT2D eigenvalue weighted by Crippen LogP contribution is 2.30. The van der Waals surface area contributed by atoms with Gasteiger partial charge in [0, 0.05) is 0 Å². The van der Waals surface area contributed by atoms with E-state index in [0.717, 1.165) is 25.9 Å². The van der Waals surface area contributed by atoms with Gasteiger partial charge in [-0.3, -0.25) is 4.79 Å². The predicted octanol–water partition coefficient (Wildman–Crippen LogP) is 4.51. The minimum Gasteiger partial charge on any atom is -0.507 e. The number of benzene rings is 2. The van der Waals surface area contributed by atoms with Crippen molar-refractivity contribution in [2.45, 2.75) is 13.8 Å². The van der Waals surface area contributed by atoms with Crippen LogP contribution in [0.2, 0.25) is 0 Å². The van der Waals surface area contributed by atoms with Gasteiger partial charge in [-0.05, 0) is 89.2 Å². The Morgan fingerprint density at radius 3 is 2.75 bits per heavy atom. The van der Waals surface area contributed by atoms with Crippen LogP contribution >= 0.6 is 34.4 Å². The van der Waals surface area contributed by atoms with Crippen LogP contribution < -0.4 is 5.32 Å². The van der Waals surface area contributed by atoms with Crippen LogP contribution in [0.4, 0.5) is 5.69 Å². The number of carbonyl (C=O) groups is 1. The molecule has 2 N–H and O–H groups in total. The number of halogens is 1. The Labute approximate surface area is 158 Å². The minimum absolute atomic E-state index is 0.160. The van der Waals surface area contributed by atoms with E-state index in [1.807, 2.05) is 38.1 Å². The molecule has 0 bridgehead atoms. The number of aliphatic imine (C=N–C) groups is 1. The number of amidine groups is 1. The van der Waals surface area contributed by atoms with E-state index in [2.05, 4.69) is 32.9 Å². The summed E-state index contributed by atoms with van der Waals surface area (Å²) in [6, 6.07) is 11.3. The first-order valence-electron chi connectivity index (χ1n) is 7.28. The first kappa shape index (κ1) is 17.0. The van der Waals surface area contributed by atoms with Gasteiger partial charge in [0.2, 0.25) is 0 Å². The number of carbonyl (C=O) groups excluding carboxylic acids is 1. The van der Waals surface area contributed by atoms with Gasteiger partial charge in [0.05, 0.1) is 14.2 Å². The highest BCUT2D eigenvalue weighted by atomic mass is 127. The van der Waals surface area contributed by atoms with Crippen molar-refractivity contribution in [3.05, 3.63) is 61.6 Å². The van der Waals surface area contributed by atoms with Crippen molar-refractivity contribution in [2.75, 3.05) is 0 Å². The van der Waals surface area contributed by atoms with E-state index in [1.54, 1.807) is 18.2 Å². The summed E-state index contributed by atoms with van der Waals surface area (Å²) in [5.74, 6) is 0.0746. The molecule has 0 unspecified atom stereocenters. The van der Waals surface area contributed by atoms with Crippen molar-refractivity contribution in [3.63, 3.8) is 0 Å². The van der Waals surface area contributed by atoms with Crippen LogP contribution in [0.25, 0.3) is 6.08 Å². The number of hydrogen-bond acceptors (Lipinski definition) is 4. The molecule has 1 heterocycles. The molecule has 1 fully saturated rings. The Morgan fingerprint density at radius 2 is 2.00 bits per heavy atom. The molecule has 2 aromatic rings. The zero-order valence-corrected chi connectivity index (χ0v) is 16.1. The lowest BCUT2D eigenvalue weighted by molar-refractivity contribution is -0.115. The van der Waals surface area contributed by atoms with Crippen LogP contribution in [0.15, 0.2) is 46.3 Å². The van der Waals surface area contributed by atoms with Gasteiger partial charge in [-0.1, -0.05) is 18.2 Å². The molecule has 0 spiro atoms. The number of rotatable bonds is 2. The normalized spacial score (nSPS) is 17.5. The van der Waals surface area contributed by atoms with Gasteiger partial charge in [-0.15, -0.1) is 0 Å². The first-order chi connectivity index (χ1) is 11.4. The maximum atomic E-state index is 12.2. The highest BCUT2D eigenvalue weighted by Gasteiger charge is 2.24. The van der Waals surface area contributed by atoms with Crippen molar-refractivity contribution in [1.29, 1.82) is 0 Å². The second-order valence-electron chi connectivity index (χ2n) is 5.48. The molecule has 0 saturated carbocycles. The van der Waals surface area contributed by atoms with Crippen LogP contribution in [0.5, 0.6) is 5.75 Å². The SMILES string of the molecule is Cc1ccc(C)c(N=C2NC(=O)C(=Cc3ccc(O)c(I)c3)S2)c1. The van der Waals surface area contributed by atoms with Gasteiger partial charge < -0.3 is 10.4 Å². The van der Waals surface area contributed by atoms with Crippen molar-refractivity contribution < 1.29 is 9.90 Å². The predicted molar refractivity (Wildman–Crippen MR) is 108 cm³/mol. The Kier molecular flexibility index (Phi) is 4.96.